The summed E-state index contributed by atoms with van der Waals surface area (Å²) in [6, 6.07) is 8.23. The number of hydrogen-bond donors (Lipinski definition) is 1. The summed E-state index contributed by atoms with van der Waals surface area (Å²) in [5.74, 6) is 0.645. The average molecular weight is 234 g/mol. The molecule has 0 radical (unpaired) electrons. The van der Waals surface area contributed by atoms with Crippen LogP contribution in [-0.2, 0) is 4.79 Å². The Labute approximate surface area is 104 Å². The second-order valence-corrected chi connectivity index (χ2v) is 4.38. The number of nitrogens with zero attached hydrogens (tertiary/aromatic N) is 1. The molecular formula is C14H22N2O. The smallest absolute Gasteiger partial charge is 0.240 e. The monoisotopic (exact) mass is 234 g/mol. The molecule has 1 N–H and O–H groups in total. The molecule has 0 aliphatic heterocycles. The lowest BCUT2D eigenvalue weighted by molar-refractivity contribution is -0.117. The minimum atomic E-state index is 0.0730. The Morgan fingerprint density at radius 3 is 2.41 bits per heavy atom. The van der Waals surface area contributed by atoms with Crippen molar-refractivity contribution in [3.05, 3.63) is 29.8 Å². The molecule has 1 aromatic carbocycles. The van der Waals surface area contributed by atoms with Gasteiger partial charge in [-0.1, -0.05) is 26.0 Å². The highest BCUT2D eigenvalue weighted by Crippen LogP contribution is 2.21. The Morgan fingerprint density at radius 1 is 1.35 bits per heavy atom. The second kappa shape index (κ2) is 6.40. The van der Waals surface area contributed by atoms with Crippen LogP contribution in [0.5, 0.6) is 0 Å². The molecule has 1 rings (SSSR count). The molecule has 0 saturated heterocycles. The van der Waals surface area contributed by atoms with Gasteiger partial charge in [-0.2, -0.15) is 0 Å². The van der Waals surface area contributed by atoms with Gasteiger partial charge in [-0.25, -0.2) is 0 Å². The van der Waals surface area contributed by atoms with Crippen molar-refractivity contribution in [2.24, 2.45) is 0 Å². The third-order valence-corrected chi connectivity index (χ3v) is 3.16. The first-order chi connectivity index (χ1) is 8.10. The van der Waals surface area contributed by atoms with Crippen LogP contribution in [0.3, 0.4) is 0 Å². The lowest BCUT2D eigenvalue weighted by Crippen LogP contribution is -2.34. The van der Waals surface area contributed by atoms with Gasteiger partial charge in [0.15, 0.2) is 0 Å². The van der Waals surface area contributed by atoms with Crippen LogP contribution in [0.25, 0.3) is 0 Å². The van der Waals surface area contributed by atoms with Crippen molar-refractivity contribution in [2.75, 3.05) is 25.5 Å². The first-order valence-corrected chi connectivity index (χ1v) is 6.11. The van der Waals surface area contributed by atoms with Gasteiger partial charge < -0.3 is 10.2 Å². The van der Waals surface area contributed by atoms with Gasteiger partial charge in [-0.15, -0.1) is 0 Å². The molecule has 17 heavy (non-hydrogen) atoms. The first-order valence-electron chi connectivity index (χ1n) is 6.11. The average Bonchev–Trinajstić information content (AvgIpc) is 2.37. The normalized spacial score (nSPS) is 12.2. The predicted molar refractivity (Wildman–Crippen MR) is 72.5 cm³/mol. The van der Waals surface area contributed by atoms with Crippen LogP contribution in [0.4, 0.5) is 5.69 Å². The molecule has 0 bridgehead atoms. The number of nitrogens with one attached hydrogen (secondary N) is 1. The lowest BCUT2D eigenvalue weighted by Gasteiger charge is -2.18. The number of anilines is 1. The minimum absolute atomic E-state index is 0.0730. The van der Waals surface area contributed by atoms with Crippen molar-refractivity contribution in [3.63, 3.8) is 0 Å². The van der Waals surface area contributed by atoms with Gasteiger partial charge in [0.25, 0.3) is 0 Å². The van der Waals surface area contributed by atoms with Crippen molar-refractivity contribution >= 4 is 11.6 Å². The number of benzene rings is 1. The van der Waals surface area contributed by atoms with Crippen LogP contribution in [-0.4, -0.2) is 26.5 Å². The van der Waals surface area contributed by atoms with E-state index in [0.29, 0.717) is 12.5 Å². The van der Waals surface area contributed by atoms with E-state index in [2.05, 4.69) is 31.3 Å². The highest BCUT2D eigenvalue weighted by Gasteiger charge is 2.10. The molecule has 1 amide bonds. The molecule has 94 valence electrons. The number of carbonyl (C=O) groups excluding carboxylic acids is 1. The van der Waals surface area contributed by atoms with Gasteiger partial charge in [0.1, 0.15) is 0 Å². The summed E-state index contributed by atoms with van der Waals surface area (Å²) in [4.78, 5) is 13.4. The van der Waals surface area contributed by atoms with Crippen molar-refractivity contribution in [1.29, 1.82) is 0 Å². The third kappa shape index (κ3) is 3.56. The van der Waals surface area contributed by atoms with Gasteiger partial charge in [-0.3, -0.25) is 4.79 Å². The van der Waals surface area contributed by atoms with Gasteiger partial charge in [0.05, 0.1) is 6.54 Å². The number of hydrogen-bond acceptors (Lipinski definition) is 2. The molecule has 0 fully saturated rings. The van der Waals surface area contributed by atoms with Crippen LogP contribution in [0, 0.1) is 0 Å². The molecule has 3 nitrogen and oxygen atoms in total. The Morgan fingerprint density at radius 2 is 1.94 bits per heavy atom. The Bertz CT molecular complexity index is 359. The molecule has 3 heteroatoms. The number of likely N-dealkylation sites (N-methyl/N-ethyl adjacent to an activating group) is 2. The molecule has 1 aromatic rings. The molecule has 1 atom stereocenters. The van der Waals surface area contributed by atoms with Crippen molar-refractivity contribution in [1.82, 2.24) is 5.32 Å². The summed E-state index contributed by atoms with van der Waals surface area (Å²) >= 11 is 0. The van der Waals surface area contributed by atoms with E-state index in [1.807, 2.05) is 12.1 Å². The number of carbonyl (C=O) groups is 1. The van der Waals surface area contributed by atoms with Crippen LogP contribution in [0.15, 0.2) is 24.3 Å². The summed E-state index contributed by atoms with van der Waals surface area (Å²) in [7, 11) is 3.58. The molecule has 0 aromatic heterocycles. The summed E-state index contributed by atoms with van der Waals surface area (Å²) in [5, 5.41) is 2.87. The van der Waals surface area contributed by atoms with E-state index in [1.165, 1.54) is 5.56 Å². The Kier molecular flexibility index (Phi) is 5.16. The van der Waals surface area contributed by atoms with E-state index < -0.39 is 0 Å². The number of rotatable bonds is 5. The van der Waals surface area contributed by atoms with Crippen molar-refractivity contribution < 1.29 is 4.79 Å². The third-order valence-electron chi connectivity index (χ3n) is 3.16. The van der Waals surface area contributed by atoms with E-state index in [9.17, 15) is 4.79 Å². The Hall–Kier alpha value is -1.35. The fourth-order valence-corrected chi connectivity index (χ4v) is 1.68. The molecule has 0 aliphatic rings. The van der Waals surface area contributed by atoms with E-state index >= 15 is 0 Å². The minimum Gasteiger partial charge on any atom is -0.314 e. The van der Waals surface area contributed by atoms with E-state index in [0.717, 1.165) is 12.1 Å². The molecule has 1 unspecified atom stereocenters. The molecule has 0 heterocycles. The molecule has 0 aliphatic carbocycles. The fourth-order valence-electron chi connectivity index (χ4n) is 1.68. The summed E-state index contributed by atoms with van der Waals surface area (Å²) < 4.78 is 0. The highest BCUT2D eigenvalue weighted by molar-refractivity contribution is 5.94. The van der Waals surface area contributed by atoms with Crippen LogP contribution < -0.4 is 10.2 Å². The van der Waals surface area contributed by atoms with E-state index in [1.54, 1.807) is 19.0 Å². The summed E-state index contributed by atoms with van der Waals surface area (Å²) in [5.41, 5.74) is 2.27. The van der Waals surface area contributed by atoms with Gasteiger partial charge in [-0.05, 0) is 37.1 Å². The molecular weight excluding hydrogens is 212 g/mol. The number of amides is 1. The highest BCUT2D eigenvalue weighted by atomic mass is 16.2. The lowest BCUT2D eigenvalue weighted by atomic mass is 9.98. The van der Waals surface area contributed by atoms with Crippen molar-refractivity contribution in [3.8, 4) is 0 Å². The van der Waals surface area contributed by atoms with E-state index in [4.69, 9.17) is 0 Å². The maximum atomic E-state index is 11.7. The van der Waals surface area contributed by atoms with E-state index in [-0.39, 0.29) is 5.91 Å². The SMILES string of the molecule is CCC(C)c1ccc(N(C)C(=O)CNC)cc1. The maximum Gasteiger partial charge on any atom is 0.240 e. The maximum absolute atomic E-state index is 11.7. The topological polar surface area (TPSA) is 32.3 Å². The zero-order valence-electron chi connectivity index (χ0n) is 11.2. The van der Waals surface area contributed by atoms with Gasteiger partial charge in [0.2, 0.25) is 5.91 Å². The van der Waals surface area contributed by atoms with Crippen LogP contribution >= 0.6 is 0 Å². The summed E-state index contributed by atoms with van der Waals surface area (Å²) in [6.07, 6.45) is 1.13. The fraction of sp³-hybridized carbons (Fsp3) is 0.500. The predicted octanol–water partition coefficient (Wildman–Crippen LogP) is 2.38. The molecule has 0 saturated carbocycles. The molecule has 0 spiro atoms. The van der Waals surface area contributed by atoms with Crippen LogP contribution in [0.1, 0.15) is 31.7 Å². The largest absolute Gasteiger partial charge is 0.314 e. The first kappa shape index (κ1) is 13.7. The zero-order valence-corrected chi connectivity index (χ0v) is 11.2. The zero-order chi connectivity index (χ0) is 12.8. The van der Waals surface area contributed by atoms with Crippen molar-refractivity contribution in [2.45, 2.75) is 26.2 Å². The standard InChI is InChI=1S/C14H22N2O/c1-5-11(2)12-6-8-13(9-7-12)16(4)14(17)10-15-3/h6-9,11,15H,5,10H2,1-4H3. The summed E-state index contributed by atoms with van der Waals surface area (Å²) in [6.45, 7) is 4.76. The second-order valence-electron chi connectivity index (χ2n) is 4.38. The van der Waals surface area contributed by atoms with Gasteiger partial charge >= 0.3 is 0 Å². The van der Waals surface area contributed by atoms with Crippen LogP contribution in [0.2, 0.25) is 0 Å². The quantitative estimate of drug-likeness (QED) is 0.848. The Balaban J connectivity index is 2.76. The van der Waals surface area contributed by atoms with Gasteiger partial charge in [0, 0.05) is 12.7 Å².